The Balaban J connectivity index is 0.000000247. The van der Waals surface area contributed by atoms with E-state index < -0.39 is 85.8 Å². The molecule has 0 unspecified atom stereocenters. The zero-order valence-electron chi connectivity index (χ0n) is 75.3. The van der Waals surface area contributed by atoms with Crippen LogP contribution in [-0.4, -0.2) is 166 Å². The number of carbonyl (C=O) groups is 6. The van der Waals surface area contributed by atoms with Crippen molar-refractivity contribution in [3.05, 3.63) is 366 Å². The molecule has 0 atom stereocenters. The van der Waals surface area contributed by atoms with Crippen molar-refractivity contribution in [1.82, 2.24) is 33.1 Å². The second-order valence-electron chi connectivity index (χ2n) is 27.6. The van der Waals surface area contributed by atoms with Gasteiger partial charge in [-0.15, -0.1) is 11.6 Å². The van der Waals surface area contributed by atoms with Crippen LogP contribution in [0.4, 0.5) is 0 Å². The van der Waals surface area contributed by atoms with Gasteiger partial charge in [0.05, 0.1) is 171 Å². The van der Waals surface area contributed by atoms with Gasteiger partial charge in [0.1, 0.15) is 65.5 Å². The molecule has 0 bridgehead atoms. The number of carboxylic acids is 1. The third-order valence-corrected chi connectivity index (χ3v) is 21.2. The Morgan fingerprint density at radius 1 is 0.360 bits per heavy atom. The highest BCUT2D eigenvalue weighted by atomic mass is 35.5. The highest BCUT2D eigenvalue weighted by Gasteiger charge is 2.29. The molecule has 12 aromatic rings. The van der Waals surface area contributed by atoms with Crippen LogP contribution in [0, 0.1) is 11.3 Å². The number of aliphatic hydroxyl groups excluding tert-OH is 1. The number of benzene rings is 7. The molecule has 0 spiro atoms. The molecule has 41 heteroatoms. The number of nitrogens with zero attached hydrogens (tertiary/aromatic N) is 7. The molecule has 0 amide bonds. The van der Waals surface area contributed by atoms with E-state index >= 15 is 0 Å². The maximum Gasteiger partial charge on any atom is 0.340 e. The molecule has 0 saturated carbocycles. The number of rotatable bonds is 29. The van der Waals surface area contributed by atoms with Gasteiger partial charge in [0.15, 0.2) is 5.15 Å². The van der Waals surface area contributed by atoms with E-state index in [0.29, 0.717) is 49.0 Å². The van der Waals surface area contributed by atoms with Crippen molar-refractivity contribution in [1.29, 1.82) is 5.26 Å². The minimum Gasteiger partial charge on any atom is -0.497 e. The minimum atomic E-state index is -1.39. The van der Waals surface area contributed by atoms with Crippen molar-refractivity contribution in [2.45, 2.75) is 58.3 Å². The SMILES string of the molecule is COC(=O)c1c(C(=O)O)cn(Cc2ccc(OC)cc2)c(=O)c1Cl.COC(=O)c1c(CCl)cn(Cc2ccc(OC)cc2)c(=O)c1Cl.COC(=O)c1c(CO)cn(Cc2ccc(OC)cc2)c(=O)c1Cl.COC(=O)c1cn(Cc2ccc(OC)cc2)c(=O)c(Cl)c1C(=O)OC.COc1ccc(CN)cc1.COc1ccc(CNCC#N)cc1.COc1ccc(Cn2cc(Cl)nc(Cl)c2=O)cc1. The number of carbonyl (C=O) groups excluding carboxylic acids is 5. The minimum absolute atomic E-state index is 0.0140. The topological polar surface area (TPSA) is 438 Å². The zero-order chi connectivity index (χ0) is 100. The Morgan fingerprint density at radius 3 is 0.897 bits per heavy atom. The second-order valence-corrected chi connectivity index (χ2v) is 30.2. The second kappa shape index (κ2) is 56.3. The van der Waals surface area contributed by atoms with E-state index in [4.69, 9.17) is 125 Å². The fourth-order valence-electron chi connectivity index (χ4n) is 12.0. The number of methoxy groups -OCH3 is 12. The van der Waals surface area contributed by atoms with Crippen LogP contribution in [0.25, 0.3) is 0 Å². The number of aromatic carboxylic acids is 1. The van der Waals surface area contributed by atoms with Crippen LogP contribution in [0.2, 0.25) is 30.4 Å². The van der Waals surface area contributed by atoms with Crippen molar-refractivity contribution in [2.24, 2.45) is 5.73 Å². The molecular formula is C95H94Cl7N9O25. The fraction of sp³-hybridized carbons (Fsp3) is 0.232. The van der Waals surface area contributed by atoms with E-state index in [2.05, 4.69) is 34.0 Å². The monoisotopic (exact) mass is 2010 g/mol. The van der Waals surface area contributed by atoms with Crippen LogP contribution < -0.4 is 72.0 Å². The first-order valence-corrected chi connectivity index (χ1v) is 42.6. The number of nitrogens with two attached hydrogens (primary N) is 1. The van der Waals surface area contributed by atoms with Crippen LogP contribution in [0.5, 0.6) is 40.2 Å². The zero-order valence-corrected chi connectivity index (χ0v) is 80.6. The molecule has 0 fully saturated rings. The number of aliphatic hydroxyl groups is 1. The summed E-state index contributed by atoms with van der Waals surface area (Å²) < 4.78 is 64.9. The molecular weight excluding hydrogens is 1920 g/mol. The average molecular weight is 2010 g/mol. The Kier molecular flexibility index (Phi) is 45.8. The molecule has 5 aromatic heterocycles. The quantitative estimate of drug-likeness (QED) is 0.0111. The molecule has 718 valence electrons. The Labute approximate surface area is 814 Å². The van der Waals surface area contributed by atoms with Crippen molar-refractivity contribution in [3.8, 4) is 46.3 Å². The molecule has 34 nitrogen and oxygen atoms in total. The number of halogens is 7. The summed E-state index contributed by atoms with van der Waals surface area (Å²) in [5.41, 5.74) is 8.45. The third kappa shape index (κ3) is 31.9. The van der Waals surface area contributed by atoms with E-state index in [-0.39, 0.29) is 79.2 Å². The standard InChI is InChI=1S/C17H16ClNO6.C16H15Cl2NO4.C16H14ClNO6.C16H16ClNO5.C12H10Cl2N2O2.C10H12N2O.C8H11NO/c1-23-11-6-4-10(5-7-11)8-19-9-12(16(21)24-2)13(17(22)25-3)14(18)15(19)20;1-22-12-5-3-10(4-6-12)8-19-9-11(7-17)13(16(21)23-2)14(18)15(19)20;1-23-10-5-3-9(4-6-10)7-18-8-11(15(20)21)12(16(22)24-2)13(17)14(18)19;1-22-12-5-3-10(4-6-12)7-18-8-11(9-19)13(16(21)23-2)14(17)15(18)20;1-18-9-4-2-8(3-5-9)6-16-7-10(13)15-11(14)12(16)17;1-13-10-4-2-9(3-5-10)8-12-7-6-11;1-10-8-4-2-7(6-9)3-5-8/h4-7,9H,8H2,1-3H3;3-6,9H,7-8H2,1-2H3;3-6,8H,7H2,1-2H3,(H,20,21);3-6,8,19H,7,9H2,1-2H3;2-5,7H,6H2,1H3;2-5,12H,7-8H2,1H3;2-5H,6,9H2,1H3. The maximum atomic E-state index is 12.4. The number of hydrogen-bond donors (Lipinski definition) is 4. The third-order valence-electron chi connectivity index (χ3n) is 19.1. The van der Waals surface area contributed by atoms with Crippen molar-refractivity contribution >= 4 is 117 Å². The van der Waals surface area contributed by atoms with Gasteiger partial charge in [-0.1, -0.05) is 155 Å². The van der Waals surface area contributed by atoms with E-state index in [1.54, 1.807) is 115 Å². The van der Waals surface area contributed by atoms with Gasteiger partial charge in [-0.3, -0.25) is 24.0 Å². The van der Waals surface area contributed by atoms with Gasteiger partial charge in [-0.05, 0) is 129 Å². The summed E-state index contributed by atoms with van der Waals surface area (Å²) in [7, 11) is 16.9. The lowest BCUT2D eigenvalue weighted by molar-refractivity contribution is 0.0554. The summed E-state index contributed by atoms with van der Waals surface area (Å²) in [4.78, 5) is 135. The van der Waals surface area contributed by atoms with Gasteiger partial charge < -0.3 is 101 Å². The van der Waals surface area contributed by atoms with Crippen LogP contribution in [-0.2, 0) is 82.0 Å². The Morgan fingerprint density at radius 2 is 0.618 bits per heavy atom. The van der Waals surface area contributed by atoms with Crippen LogP contribution >= 0.6 is 81.2 Å². The maximum absolute atomic E-state index is 12.4. The fourth-order valence-corrected chi connectivity index (χ4v) is 13.8. The van der Waals surface area contributed by atoms with E-state index in [1.165, 1.54) is 64.4 Å². The first-order valence-electron chi connectivity index (χ1n) is 39.8. The molecule has 0 saturated heterocycles. The van der Waals surface area contributed by atoms with Crippen molar-refractivity contribution in [2.75, 3.05) is 91.9 Å². The average Bonchev–Trinajstić information content (AvgIpc) is 0.757. The molecule has 0 aliphatic rings. The molecule has 5 N–H and O–H groups in total. The van der Waals surface area contributed by atoms with Gasteiger partial charge >= 0.3 is 35.8 Å². The summed E-state index contributed by atoms with van der Waals surface area (Å²) in [6, 6.07) is 53.3. The number of carboxylic acid groups (broad SMARTS) is 1. The predicted octanol–water partition coefficient (Wildman–Crippen LogP) is 14.2. The number of hydrogen-bond acceptors (Lipinski definition) is 28. The normalized spacial score (nSPS) is 10.2. The number of pyridine rings is 4. The van der Waals surface area contributed by atoms with E-state index in [9.17, 15) is 63.0 Å². The van der Waals surface area contributed by atoms with E-state index in [0.717, 1.165) is 101 Å². The summed E-state index contributed by atoms with van der Waals surface area (Å²) in [6.07, 6.45) is 6.70. The number of nitrogens with one attached hydrogen (secondary N) is 1. The number of ether oxygens (including phenoxy) is 12. The van der Waals surface area contributed by atoms with Crippen LogP contribution in [0.1, 0.15) is 112 Å². The van der Waals surface area contributed by atoms with Crippen LogP contribution in [0.3, 0.4) is 0 Å². The molecule has 5 heterocycles. The van der Waals surface area contributed by atoms with Crippen molar-refractivity contribution in [3.63, 3.8) is 0 Å². The Hall–Kier alpha value is -14.0. The predicted molar refractivity (Wildman–Crippen MR) is 512 cm³/mol. The summed E-state index contributed by atoms with van der Waals surface area (Å²) >= 11 is 41.3. The largest absolute Gasteiger partial charge is 0.497 e. The molecule has 12 rings (SSSR count). The summed E-state index contributed by atoms with van der Waals surface area (Å²) in [5.74, 6) is -0.228. The highest BCUT2D eigenvalue weighted by molar-refractivity contribution is 6.36. The number of aromatic nitrogens is 6. The van der Waals surface area contributed by atoms with Crippen molar-refractivity contribution < 1.29 is 95.8 Å². The Bertz CT molecular complexity index is 6280. The lowest BCUT2D eigenvalue weighted by Crippen LogP contribution is -2.27. The summed E-state index contributed by atoms with van der Waals surface area (Å²) in [5, 5.41) is 28.7. The lowest BCUT2D eigenvalue weighted by Gasteiger charge is -2.13. The van der Waals surface area contributed by atoms with Gasteiger partial charge in [0.2, 0.25) is 0 Å². The smallest absolute Gasteiger partial charge is 0.340 e. The van der Waals surface area contributed by atoms with E-state index in [1.807, 2.05) is 103 Å². The lowest BCUT2D eigenvalue weighted by atomic mass is 10.1. The van der Waals surface area contributed by atoms with Gasteiger partial charge in [-0.25, -0.2) is 33.8 Å². The molecule has 0 aliphatic heterocycles. The highest BCUT2D eigenvalue weighted by Crippen LogP contribution is 2.27. The number of esters is 5. The summed E-state index contributed by atoms with van der Waals surface area (Å²) in [6.45, 7) is 2.41. The van der Waals surface area contributed by atoms with Gasteiger partial charge in [0, 0.05) is 55.5 Å². The first kappa shape index (κ1) is 111. The molecule has 136 heavy (non-hydrogen) atoms. The van der Waals surface area contributed by atoms with Gasteiger partial charge in [0.25, 0.3) is 27.8 Å². The van der Waals surface area contributed by atoms with Crippen LogP contribution in [0.15, 0.2) is 225 Å². The molecule has 0 aliphatic carbocycles. The number of nitriles is 1. The van der Waals surface area contributed by atoms with Gasteiger partial charge in [-0.2, -0.15) is 5.26 Å². The number of alkyl halides is 1. The first-order chi connectivity index (χ1) is 65.2. The molecule has 0 radical (unpaired) electrons. The molecule has 7 aromatic carbocycles.